The lowest BCUT2D eigenvalue weighted by atomic mass is 10.1. The van der Waals surface area contributed by atoms with Gasteiger partial charge in [0.2, 0.25) is 5.91 Å². The number of likely N-dealkylation sites (tertiary alicyclic amines) is 1. The molecule has 0 radical (unpaired) electrons. The molecule has 2 N–H and O–H groups in total. The van der Waals surface area contributed by atoms with E-state index in [4.69, 9.17) is 16.3 Å². The summed E-state index contributed by atoms with van der Waals surface area (Å²) < 4.78 is 6.10. The summed E-state index contributed by atoms with van der Waals surface area (Å²) in [5, 5.41) is 12.9. The van der Waals surface area contributed by atoms with Gasteiger partial charge in [-0.2, -0.15) is 0 Å². The zero-order chi connectivity index (χ0) is 26.9. The molecule has 3 aromatic rings. The standard InChI is InChI=1S/C29H30ClN3O5/c30-24-15-13-21(14-16-24)18-32(29(36)37)20-31-27(34)25-12-7-17-33(25)28(35)26(23-10-5-2-6-11-23)38-19-22-8-3-1-4-9-22/h1-6,8-11,13-16,25-26H,7,12,17-20H2,(H,31,34)(H,36,37). The minimum Gasteiger partial charge on any atom is -0.465 e. The van der Waals surface area contributed by atoms with E-state index < -0.39 is 24.1 Å². The van der Waals surface area contributed by atoms with E-state index in [2.05, 4.69) is 5.32 Å². The summed E-state index contributed by atoms with van der Waals surface area (Å²) in [6, 6.07) is 24.9. The quantitative estimate of drug-likeness (QED) is 0.362. The number of benzene rings is 3. The fraction of sp³-hybridized carbons (Fsp3) is 0.276. The zero-order valence-electron chi connectivity index (χ0n) is 20.8. The van der Waals surface area contributed by atoms with Gasteiger partial charge in [0.1, 0.15) is 6.04 Å². The van der Waals surface area contributed by atoms with Gasteiger partial charge in [-0.3, -0.25) is 14.5 Å². The third kappa shape index (κ3) is 7.12. The molecule has 0 spiro atoms. The Morgan fingerprint density at radius 1 is 0.974 bits per heavy atom. The molecule has 1 aliphatic rings. The van der Waals surface area contributed by atoms with Crippen molar-refractivity contribution in [1.82, 2.24) is 15.1 Å². The maximum Gasteiger partial charge on any atom is 0.409 e. The molecular weight excluding hydrogens is 506 g/mol. The van der Waals surface area contributed by atoms with Crippen LogP contribution in [0.25, 0.3) is 0 Å². The second-order valence-corrected chi connectivity index (χ2v) is 9.52. The smallest absolute Gasteiger partial charge is 0.409 e. The van der Waals surface area contributed by atoms with Crippen molar-refractivity contribution in [3.8, 4) is 0 Å². The molecular formula is C29H30ClN3O5. The van der Waals surface area contributed by atoms with Gasteiger partial charge in [0, 0.05) is 11.6 Å². The van der Waals surface area contributed by atoms with E-state index in [9.17, 15) is 19.5 Å². The summed E-state index contributed by atoms with van der Waals surface area (Å²) in [4.78, 5) is 41.3. The van der Waals surface area contributed by atoms with Crippen LogP contribution in [0.3, 0.4) is 0 Å². The second kappa shape index (κ2) is 13.1. The minimum atomic E-state index is -1.17. The van der Waals surface area contributed by atoms with Gasteiger partial charge in [-0.15, -0.1) is 0 Å². The van der Waals surface area contributed by atoms with E-state index in [1.54, 1.807) is 29.2 Å². The van der Waals surface area contributed by atoms with Crippen molar-refractivity contribution in [3.63, 3.8) is 0 Å². The molecule has 9 heteroatoms. The highest BCUT2D eigenvalue weighted by molar-refractivity contribution is 6.30. The Labute approximate surface area is 226 Å². The molecule has 3 aromatic carbocycles. The SMILES string of the molecule is O=C(NCN(Cc1ccc(Cl)cc1)C(=O)O)C1CCCN1C(=O)C(OCc1ccccc1)c1ccccc1. The van der Waals surface area contributed by atoms with Gasteiger partial charge >= 0.3 is 6.09 Å². The average molecular weight is 536 g/mol. The van der Waals surface area contributed by atoms with Gasteiger partial charge in [-0.25, -0.2) is 4.79 Å². The van der Waals surface area contributed by atoms with Gasteiger partial charge in [0.15, 0.2) is 6.10 Å². The molecule has 1 saturated heterocycles. The number of rotatable bonds is 10. The number of nitrogens with one attached hydrogen (secondary N) is 1. The number of amides is 3. The molecule has 0 saturated carbocycles. The summed E-state index contributed by atoms with van der Waals surface area (Å²) in [7, 11) is 0. The van der Waals surface area contributed by atoms with Crippen LogP contribution in [0, 0.1) is 0 Å². The van der Waals surface area contributed by atoms with Gasteiger partial charge < -0.3 is 20.1 Å². The van der Waals surface area contributed by atoms with Crippen molar-refractivity contribution < 1.29 is 24.2 Å². The molecule has 38 heavy (non-hydrogen) atoms. The van der Waals surface area contributed by atoms with Gasteiger partial charge in [0.05, 0.1) is 19.8 Å². The summed E-state index contributed by atoms with van der Waals surface area (Å²) in [6.07, 6.45) is -0.886. The lowest BCUT2D eigenvalue weighted by molar-refractivity contribution is -0.149. The normalized spacial score (nSPS) is 15.6. The van der Waals surface area contributed by atoms with E-state index in [1.165, 1.54) is 0 Å². The minimum absolute atomic E-state index is 0.0868. The number of carbonyl (C=O) groups excluding carboxylic acids is 2. The predicted octanol–water partition coefficient (Wildman–Crippen LogP) is 4.84. The summed E-state index contributed by atoms with van der Waals surface area (Å²) >= 11 is 5.91. The number of hydrogen-bond acceptors (Lipinski definition) is 4. The van der Waals surface area contributed by atoms with Crippen LogP contribution in [-0.2, 0) is 27.5 Å². The van der Waals surface area contributed by atoms with Crippen LogP contribution in [0.2, 0.25) is 5.02 Å². The summed E-state index contributed by atoms with van der Waals surface area (Å²) in [6.45, 7) is 0.545. The highest BCUT2D eigenvalue weighted by Gasteiger charge is 2.38. The monoisotopic (exact) mass is 535 g/mol. The Morgan fingerprint density at radius 3 is 2.29 bits per heavy atom. The molecule has 8 nitrogen and oxygen atoms in total. The Hall–Kier alpha value is -3.88. The fourth-order valence-electron chi connectivity index (χ4n) is 4.44. The van der Waals surface area contributed by atoms with Crippen LogP contribution in [0.1, 0.15) is 35.6 Å². The first-order valence-electron chi connectivity index (χ1n) is 12.4. The summed E-state index contributed by atoms with van der Waals surface area (Å²) in [5.74, 6) is -0.686. The molecule has 4 rings (SSSR count). The van der Waals surface area contributed by atoms with Crippen LogP contribution in [0.15, 0.2) is 84.9 Å². The lowest BCUT2D eigenvalue weighted by Gasteiger charge is -2.29. The Kier molecular flexibility index (Phi) is 9.35. The predicted molar refractivity (Wildman–Crippen MR) is 143 cm³/mol. The third-order valence-corrected chi connectivity index (χ3v) is 6.68. The first-order chi connectivity index (χ1) is 18.4. The van der Waals surface area contributed by atoms with Crippen LogP contribution in [0.5, 0.6) is 0 Å². The van der Waals surface area contributed by atoms with E-state index in [-0.39, 0.29) is 25.7 Å². The molecule has 2 atom stereocenters. The molecule has 0 aromatic heterocycles. The van der Waals surface area contributed by atoms with Crippen molar-refractivity contribution in [3.05, 3.63) is 107 Å². The fourth-order valence-corrected chi connectivity index (χ4v) is 4.56. The number of hydrogen-bond donors (Lipinski definition) is 2. The molecule has 0 aliphatic carbocycles. The van der Waals surface area contributed by atoms with Crippen molar-refractivity contribution in [2.45, 2.75) is 38.1 Å². The largest absolute Gasteiger partial charge is 0.465 e. The molecule has 1 fully saturated rings. The van der Waals surface area contributed by atoms with Crippen LogP contribution >= 0.6 is 11.6 Å². The molecule has 3 amide bonds. The maximum atomic E-state index is 13.7. The van der Waals surface area contributed by atoms with Gasteiger partial charge in [-0.1, -0.05) is 84.4 Å². The van der Waals surface area contributed by atoms with Crippen LogP contribution in [-0.4, -0.2) is 52.1 Å². The molecule has 2 unspecified atom stereocenters. The second-order valence-electron chi connectivity index (χ2n) is 9.08. The first-order valence-corrected chi connectivity index (χ1v) is 12.8. The zero-order valence-corrected chi connectivity index (χ0v) is 21.6. The van der Waals surface area contributed by atoms with Crippen LogP contribution in [0.4, 0.5) is 4.79 Å². The van der Waals surface area contributed by atoms with Crippen molar-refractivity contribution in [2.75, 3.05) is 13.2 Å². The van der Waals surface area contributed by atoms with Gasteiger partial charge in [0.25, 0.3) is 5.91 Å². The number of nitrogens with zero attached hydrogens (tertiary/aromatic N) is 2. The topological polar surface area (TPSA) is 99.2 Å². The molecule has 1 aliphatic heterocycles. The van der Waals surface area contributed by atoms with E-state index >= 15 is 0 Å². The Morgan fingerprint density at radius 2 is 1.63 bits per heavy atom. The molecule has 1 heterocycles. The van der Waals surface area contributed by atoms with Crippen molar-refractivity contribution in [1.29, 1.82) is 0 Å². The Balaban J connectivity index is 1.42. The van der Waals surface area contributed by atoms with E-state index in [1.807, 2.05) is 60.7 Å². The van der Waals surface area contributed by atoms with E-state index in [0.29, 0.717) is 30.0 Å². The molecule has 198 valence electrons. The van der Waals surface area contributed by atoms with Crippen LogP contribution < -0.4 is 5.32 Å². The lowest BCUT2D eigenvalue weighted by Crippen LogP contribution is -2.50. The number of carboxylic acid groups (broad SMARTS) is 1. The highest BCUT2D eigenvalue weighted by Crippen LogP contribution is 2.27. The summed E-state index contributed by atoms with van der Waals surface area (Å²) in [5.41, 5.74) is 2.39. The highest BCUT2D eigenvalue weighted by atomic mass is 35.5. The van der Waals surface area contributed by atoms with E-state index in [0.717, 1.165) is 16.0 Å². The molecule has 0 bridgehead atoms. The third-order valence-electron chi connectivity index (χ3n) is 6.43. The van der Waals surface area contributed by atoms with Crippen molar-refractivity contribution in [2.24, 2.45) is 0 Å². The maximum absolute atomic E-state index is 13.7. The number of halogens is 1. The Bertz CT molecular complexity index is 1220. The van der Waals surface area contributed by atoms with Gasteiger partial charge in [-0.05, 0) is 41.7 Å². The average Bonchev–Trinajstić information content (AvgIpc) is 3.43. The number of carbonyl (C=O) groups is 3. The van der Waals surface area contributed by atoms with Crippen molar-refractivity contribution >= 4 is 29.5 Å². The number of ether oxygens (including phenoxy) is 1. The first kappa shape index (κ1) is 27.2.